The van der Waals surface area contributed by atoms with E-state index in [1.807, 2.05) is 0 Å². The largest absolute Gasteiger partial charge is 0.265 e. The number of nitrogens with one attached hydrogen (secondary N) is 1. The molecule has 0 radical (unpaired) electrons. The molecule has 0 spiro atoms. The highest BCUT2D eigenvalue weighted by molar-refractivity contribution is 7.89. The minimum atomic E-state index is -3.63. The van der Waals surface area contributed by atoms with E-state index in [1.54, 1.807) is 36.7 Å². The summed E-state index contributed by atoms with van der Waals surface area (Å²) in [6.07, 6.45) is 4.58. The lowest BCUT2D eigenvalue weighted by Crippen LogP contribution is -2.23. The number of pyridine rings is 1. The second-order valence-corrected chi connectivity index (χ2v) is 7.76. The molecule has 25 heavy (non-hydrogen) atoms. The van der Waals surface area contributed by atoms with Gasteiger partial charge in [-0.05, 0) is 47.4 Å². The first-order valence-corrected chi connectivity index (χ1v) is 9.40. The second kappa shape index (κ2) is 7.01. The minimum absolute atomic E-state index is 0.145. The summed E-state index contributed by atoms with van der Waals surface area (Å²) in [6, 6.07) is 9.79. The number of alkyl halides is 2. The van der Waals surface area contributed by atoms with Crippen LogP contribution >= 0.6 is 0 Å². The van der Waals surface area contributed by atoms with Gasteiger partial charge < -0.3 is 0 Å². The van der Waals surface area contributed by atoms with E-state index in [1.165, 1.54) is 18.2 Å². The Morgan fingerprint density at radius 3 is 2.36 bits per heavy atom. The Kier molecular flexibility index (Phi) is 4.96. The van der Waals surface area contributed by atoms with E-state index < -0.39 is 15.9 Å². The molecule has 4 nitrogen and oxygen atoms in total. The molecule has 1 heterocycles. The van der Waals surface area contributed by atoms with Crippen molar-refractivity contribution in [2.75, 3.05) is 0 Å². The molecular formula is C18H18F2N2O2S. The van der Waals surface area contributed by atoms with Crippen LogP contribution < -0.4 is 4.72 Å². The zero-order valence-corrected chi connectivity index (χ0v) is 14.3. The fourth-order valence-electron chi connectivity index (χ4n) is 2.67. The molecule has 1 aromatic heterocycles. The van der Waals surface area contributed by atoms with Crippen molar-refractivity contribution < 1.29 is 17.2 Å². The number of rotatable bonds is 5. The van der Waals surface area contributed by atoms with Crippen LogP contribution in [0.5, 0.6) is 0 Å². The highest BCUT2D eigenvalue weighted by atomic mass is 32.2. The van der Waals surface area contributed by atoms with Gasteiger partial charge in [0.2, 0.25) is 10.0 Å². The third-order valence-electron chi connectivity index (χ3n) is 4.16. The van der Waals surface area contributed by atoms with Crippen LogP contribution in [0.1, 0.15) is 30.4 Å². The molecule has 1 aromatic carbocycles. The zero-order chi connectivity index (χ0) is 17.9. The molecule has 0 aliphatic heterocycles. The average molecular weight is 364 g/mol. The fourth-order valence-corrected chi connectivity index (χ4v) is 3.68. The lowest BCUT2D eigenvalue weighted by Gasteiger charge is -2.21. The van der Waals surface area contributed by atoms with Gasteiger partial charge in [-0.2, -0.15) is 0 Å². The Morgan fingerprint density at radius 2 is 1.76 bits per heavy atom. The molecule has 132 valence electrons. The Bertz CT molecular complexity index is 864. The van der Waals surface area contributed by atoms with Crippen LogP contribution in [-0.2, 0) is 16.6 Å². The summed E-state index contributed by atoms with van der Waals surface area (Å²) in [6.45, 7) is 0.173. The predicted octanol–water partition coefficient (Wildman–Crippen LogP) is 3.76. The standard InChI is InChI=1S/C18H18F2N2O2S/c19-18(20)9-5-16(6-10-18)15-1-3-17(4-2-15)25(23,24)22-13-14-7-11-21-12-8-14/h1-5,7-8,11-12,22H,6,9-10,13H2. The number of aromatic nitrogens is 1. The molecule has 0 fully saturated rings. The van der Waals surface area contributed by atoms with E-state index in [9.17, 15) is 17.2 Å². The molecule has 1 N–H and O–H groups in total. The van der Waals surface area contributed by atoms with Gasteiger partial charge in [0.1, 0.15) is 0 Å². The number of nitrogens with zero attached hydrogens (tertiary/aromatic N) is 1. The highest BCUT2D eigenvalue weighted by Gasteiger charge is 2.31. The third-order valence-corrected chi connectivity index (χ3v) is 5.58. The Hall–Kier alpha value is -2.12. The third kappa shape index (κ3) is 4.49. The van der Waals surface area contributed by atoms with E-state index in [0.717, 1.165) is 16.7 Å². The maximum absolute atomic E-state index is 13.2. The quantitative estimate of drug-likeness (QED) is 0.879. The van der Waals surface area contributed by atoms with Crippen molar-refractivity contribution in [2.24, 2.45) is 0 Å². The molecule has 0 atom stereocenters. The summed E-state index contributed by atoms with van der Waals surface area (Å²) >= 11 is 0. The summed E-state index contributed by atoms with van der Waals surface area (Å²) in [5, 5.41) is 0. The van der Waals surface area contributed by atoms with Gasteiger partial charge in [-0.3, -0.25) is 4.98 Å². The van der Waals surface area contributed by atoms with Gasteiger partial charge in [-0.15, -0.1) is 0 Å². The first kappa shape index (κ1) is 17.7. The maximum Gasteiger partial charge on any atom is 0.251 e. The number of halogens is 2. The molecule has 7 heteroatoms. The fraction of sp³-hybridized carbons (Fsp3) is 0.278. The van der Waals surface area contributed by atoms with Crippen molar-refractivity contribution in [1.82, 2.24) is 9.71 Å². The first-order valence-electron chi connectivity index (χ1n) is 7.92. The summed E-state index contributed by atoms with van der Waals surface area (Å²) in [5.74, 6) is -2.64. The van der Waals surface area contributed by atoms with Crippen LogP contribution in [-0.4, -0.2) is 19.3 Å². The number of sulfonamides is 1. The van der Waals surface area contributed by atoms with Crippen molar-refractivity contribution in [3.8, 4) is 0 Å². The summed E-state index contributed by atoms with van der Waals surface area (Å²) in [5.41, 5.74) is 2.42. The molecular weight excluding hydrogens is 346 g/mol. The summed E-state index contributed by atoms with van der Waals surface area (Å²) in [4.78, 5) is 4.03. The van der Waals surface area contributed by atoms with Crippen LogP contribution in [0, 0.1) is 0 Å². The van der Waals surface area contributed by atoms with Crippen molar-refractivity contribution in [3.63, 3.8) is 0 Å². The van der Waals surface area contributed by atoms with Gasteiger partial charge in [0.25, 0.3) is 5.92 Å². The minimum Gasteiger partial charge on any atom is -0.265 e. The maximum atomic E-state index is 13.2. The van der Waals surface area contributed by atoms with Crippen LogP contribution in [0.4, 0.5) is 8.78 Å². The molecule has 2 aromatic rings. The van der Waals surface area contributed by atoms with E-state index in [-0.39, 0.29) is 24.3 Å². The lowest BCUT2D eigenvalue weighted by atomic mass is 9.91. The van der Waals surface area contributed by atoms with Crippen LogP contribution in [0.15, 0.2) is 59.8 Å². The van der Waals surface area contributed by atoms with Gasteiger partial charge in [-0.25, -0.2) is 21.9 Å². The number of hydrogen-bond donors (Lipinski definition) is 1. The van der Waals surface area contributed by atoms with Crippen LogP contribution in [0.3, 0.4) is 0 Å². The van der Waals surface area contributed by atoms with Gasteiger partial charge in [0.15, 0.2) is 0 Å². The molecule has 0 saturated carbocycles. The van der Waals surface area contributed by atoms with Crippen molar-refractivity contribution >= 4 is 15.6 Å². The number of allylic oxidation sites excluding steroid dienone is 2. The van der Waals surface area contributed by atoms with Crippen molar-refractivity contribution in [1.29, 1.82) is 0 Å². The topological polar surface area (TPSA) is 59.1 Å². The normalized spacial score (nSPS) is 17.1. The lowest BCUT2D eigenvalue weighted by molar-refractivity contribution is -0.00603. The molecule has 0 bridgehead atoms. The van der Waals surface area contributed by atoms with Crippen molar-refractivity contribution in [3.05, 3.63) is 66.0 Å². The smallest absolute Gasteiger partial charge is 0.251 e. The SMILES string of the molecule is O=S(=O)(NCc1ccncc1)c1ccc(C2=CCC(F)(F)CC2)cc1. The van der Waals surface area contributed by atoms with E-state index in [2.05, 4.69) is 9.71 Å². The van der Waals surface area contributed by atoms with Gasteiger partial charge in [0, 0.05) is 31.8 Å². The Labute approximate surface area is 145 Å². The van der Waals surface area contributed by atoms with Gasteiger partial charge in [-0.1, -0.05) is 18.2 Å². The average Bonchev–Trinajstić information content (AvgIpc) is 2.61. The molecule has 0 unspecified atom stereocenters. The molecule has 0 saturated heterocycles. The second-order valence-electron chi connectivity index (χ2n) is 5.99. The van der Waals surface area contributed by atoms with E-state index >= 15 is 0 Å². The van der Waals surface area contributed by atoms with E-state index in [0.29, 0.717) is 6.42 Å². The van der Waals surface area contributed by atoms with Crippen molar-refractivity contribution in [2.45, 2.75) is 36.6 Å². The number of benzene rings is 1. The predicted molar refractivity (Wildman–Crippen MR) is 91.5 cm³/mol. The summed E-state index contributed by atoms with van der Waals surface area (Å²) in [7, 11) is -3.63. The van der Waals surface area contributed by atoms with E-state index in [4.69, 9.17) is 0 Å². The van der Waals surface area contributed by atoms with Gasteiger partial charge in [0.05, 0.1) is 4.90 Å². The van der Waals surface area contributed by atoms with Crippen LogP contribution in [0.2, 0.25) is 0 Å². The summed E-state index contributed by atoms with van der Waals surface area (Å²) < 4.78 is 53.6. The zero-order valence-electron chi connectivity index (χ0n) is 13.5. The molecule has 0 amide bonds. The highest BCUT2D eigenvalue weighted by Crippen LogP contribution is 2.36. The first-order chi connectivity index (χ1) is 11.9. The Balaban J connectivity index is 1.70. The number of hydrogen-bond acceptors (Lipinski definition) is 3. The monoisotopic (exact) mass is 364 g/mol. The Morgan fingerprint density at radius 1 is 1.08 bits per heavy atom. The molecule has 3 rings (SSSR count). The molecule has 1 aliphatic carbocycles. The van der Waals surface area contributed by atoms with Gasteiger partial charge >= 0.3 is 0 Å². The molecule has 1 aliphatic rings. The van der Waals surface area contributed by atoms with Crippen LogP contribution in [0.25, 0.3) is 5.57 Å².